The summed E-state index contributed by atoms with van der Waals surface area (Å²) < 4.78 is 9.55. The first-order chi connectivity index (χ1) is 12.7. The van der Waals surface area contributed by atoms with Gasteiger partial charge < -0.3 is 15.0 Å². The highest BCUT2D eigenvalue weighted by Gasteiger charge is 2.44. The van der Waals surface area contributed by atoms with Gasteiger partial charge in [0.15, 0.2) is 5.69 Å². The van der Waals surface area contributed by atoms with Crippen LogP contribution in [-0.4, -0.2) is 56.6 Å². The van der Waals surface area contributed by atoms with Gasteiger partial charge in [-0.1, -0.05) is 10.6 Å². The predicted molar refractivity (Wildman–Crippen MR) is 93.3 cm³/mol. The largest absolute Gasteiger partial charge is 0.376 e. The number of rotatable bonds is 4. The molecule has 2 amide bonds. The van der Waals surface area contributed by atoms with E-state index in [1.165, 1.54) is 0 Å². The molecule has 2 saturated heterocycles. The average Bonchev–Trinajstić information content (AvgIpc) is 3.37. The van der Waals surface area contributed by atoms with E-state index in [0.29, 0.717) is 31.8 Å². The standard InChI is InChI=1S/C17H19N5O3S/c23-16(19-8-12-3-1-2-5-18-12)11-7-15-14(4-6-25-15)22(9-11)17(24)13-10-26-21-20-13/h1-3,5,10-11,14-15H,4,6-9H2,(H,19,23)/t11-,14-,15-/m1/s1. The smallest absolute Gasteiger partial charge is 0.275 e. The Morgan fingerprint density at radius 3 is 3.08 bits per heavy atom. The summed E-state index contributed by atoms with van der Waals surface area (Å²) in [7, 11) is 0. The number of nitrogens with zero attached hydrogens (tertiary/aromatic N) is 4. The summed E-state index contributed by atoms with van der Waals surface area (Å²) in [5.74, 6) is -0.575. The van der Waals surface area contributed by atoms with Gasteiger partial charge in [0.2, 0.25) is 5.91 Å². The van der Waals surface area contributed by atoms with E-state index >= 15 is 0 Å². The minimum Gasteiger partial charge on any atom is -0.376 e. The molecule has 2 aliphatic rings. The van der Waals surface area contributed by atoms with Gasteiger partial charge in [0.05, 0.1) is 30.3 Å². The zero-order valence-corrected chi connectivity index (χ0v) is 14.9. The number of hydrogen-bond acceptors (Lipinski definition) is 7. The molecule has 0 bridgehead atoms. The maximum Gasteiger partial charge on any atom is 0.275 e. The van der Waals surface area contributed by atoms with Gasteiger partial charge in [0.1, 0.15) is 0 Å². The summed E-state index contributed by atoms with van der Waals surface area (Å²) in [6, 6.07) is 5.58. The molecule has 26 heavy (non-hydrogen) atoms. The number of piperidine rings is 1. The van der Waals surface area contributed by atoms with Crippen molar-refractivity contribution >= 4 is 23.3 Å². The topological polar surface area (TPSA) is 97.3 Å². The van der Waals surface area contributed by atoms with Crippen LogP contribution in [0.4, 0.5) is 0 Å². The van der Waals surface area contributed by atoms with Crippen LogP contribution in [0.25, 0.3) is 0 Å². The molecule has 1 N–H and O–H groups in total. The molecule has 0 spiro atoms. The van der Waals surface area contributed by atoms with Crippen molar-refractivity contribution in [2.24, 2.45) is 5.92 Å². The lowest BCUT2D eigenvalue weighted by molar-refractivity contribution is -0.128. The number of amides is 2. The Bertz CT molecular complexity index is 770. The van der Waals surface area contributed by atoms with Crippen molar-refractivity contribution < 1.29 is 14.3 Å². The molecule has 4 rings (SSSR count). The molecular weight excluding hydrogens is 354 g/mol. The second-order valence-corrected chi connectivity index (χ2v) is 7.09. The maximum atomic E-state index is 12.8. The summed E-state index contributed by atoms with van der Waals surface area (Å²) in [5.41, 5.74) is 1.13. The van der Waals surface area contributed by atoms with Gasteiger partial charge in [0, 0.05) is 24.7 Å². The summed E-state index contributed by atoms with van der Waals surface area (Å²) in [6.07, 6.45) is 3.00. The van der Waals surface area contributed by atoms with Crippen molar-refractivity contribution in [2.45, 2.75) is 31.5 Å². The van der Waals surface area contributed by atoms with Gasteiger partial charge in [-0.3, -0.25) is 14.6 Å². The second-order valence-electron chi connectivity index (χ2n) is 6.48. The SMILES string of the molecule is O=C(NCc1ccccn1)[C@@H]1C[C@H]2OCC[C@H]2N(C(=O)c2csnn2)C1. The molecule has 0 saturated carbocycles. The number of pyridine rings is 1. The third kappa shape index (κ3) is 3.45. The van der Waals surface area contributed by atoms with Gasteiger partial charge in [-0.2, -0.15) is 0 Å². The third-order valence-corrected chi connectivity index (χ3v) is 5.39. The van der Waals surface area contributed by atoms with Crippen molar-refractivity contribution in [2.75, 3.05) is 13.2 Å². The molecule has 4 heterocycles. The lowest BCUT2D eigenvalue weighted by Crippen LogP contribution is -2.55. The van der Waals surface area contributed by atoms with Crippen molar-refractivity contribution in [3.63, 3.8) is 0 Å². The molecule has 0 unspecified atom stereocenters. The summed E-state index contributed by atoms with van der Waals surface area (Å²) in [4.78, 5) is 31.4. The molecule has 0 aliphatic carbocycles. The van der Waals surface area contributed by atoms with Crippen LogP contribution in [0.3, 0.4) is 0 Å². The van der Waals surface area contributed by atoms with Crippen LogP contribution in [0.1, 0.15) is 29.0 Å². The van der Waals surface area contributed by atoms with E-state index in [4.69, 9.17) is 4.74 Å². The Labute approximate surface area is 154 Å². The lowest BCUT2D eigenvalue weighted by Gasteiger charge is -2.39. The number of carbonyl (C=O) groups excluding carboxylic acids is 2. The van der Waals surface area contributed by atoms with E-state index in [2.05, 4.69) is 19.9 Å². The Morgan fingerprint density at radius 2 is 2.31 bits per heavy atom. The molecule has 2 aromatic heterocycles. The second kappa shape index (κ2) is 7.46. The average molecular weight is 373 g/mol. The zero-order valence-electron chi connectivity index (χ0n) is 14.1. The highest BCUT2D eigenvalue weighted by Crippen LogP contribution is 2.32. The molecule has 8 nitrogen and oxygen atoms in total. The number of fused-ring (bicyclic) bond motifs is 1. The van der Waals surface area contributed by atoms with Crippen LogP contribution in [0.15, 0.2) is 29.8 Å². The Balaban J connectivity index is 1.45. The monoisotopic (exact) mass is 373 g/mol. The van der Waals surface area contributed by atoms with Gasteiger partial charge in [-0.25, -0.2) is 0 Å². The van der Waals surface area contributed by atoms with E-state index in [-0.39, 0.29) is 29.9 Å². The Hall–Kier alpha value is -2.39. The Morgan fingerprint density at radius 1 is 1.38 bits per heavy atom. The van der Waals surface area contributed by atoms with Crippen molar-refractivity contribution in [3.05, 3.63) is 41.2 Å². The minimum atomic E-state index is -0.311. The van der Waals surface area contributed by atoms with Crippen LogP contribution in [-0.2, 0) is 16.1 Å². The van der Waals surface area contributed by atoms with Crippen LogP contribution < -0.4 is 5.32 Å². The first-order valence-corrected chi connectivity index (χ1v) is 9.43. The van der Waals surface area contributed by atoms with Gasteiger partial charge in [-0.05, 0) is 36.5 Å². The molecule has 0 radical (unpaired) electrons. The van der Waals surface area contributed by atoms with Crippen LogP contribution >= 0.6 is 11.5 Å². The molecule has 136 valence electrons. The number of ether oxygens (including phenoxy) is 1. The normalized spacial score (nSPS) is 24.9. The molecule has 0 aromatic carbocycles. The highest BCUT2D eigenvalue weighted by molar-refractivity contribution is 7.03. The fourth-order valence-electron chi connectivity index (χ4n) is 3.60. The quantitative estimate of drug-likeness (QED) is 0.854. The Kier molecular flexibility index (Phi) is 4.89. The van der Waals surface area contributed by atoms with E-state index in [9.17, 15) is 9.59 Å². The number of carbonyl (C=O) groups is 2. The highest BCUT2D eigenvalue weighted by atomic mass is 32.1. The predicted octanol–water partition coefficient (Wildman–Crippen LogP) is 0.869. The fraction of sp³-hybridized carbons (Fsp3) is 0.471. The van der Waals surface area contributed by atoms with Gasteiger partial charge in [0.25, 0.3) is 5.91 Å². The van der Waals surface area contributed by atoms with Crippen molar-refractivity contribution in [3.8, 4) is 0 Å². The van der Waals surface area contributed by atoms with E-state index < -0.39 is 0 Å². The van der Waals surface area contributed by atoms with Crippen LogP contribution in [0, 0.1) is 5.92 Å². The summed E-state index contributed by atoms with van der Waals surface area (Å²) in [6.45, 7) is 1.35. The van der Waals surface area contributed by atoms with E-state index in [0.717, 1.165) is 23.6 Å². The number of hydrogen-bond donors (Lipinski definition) is 1. The molecule has 2 aromatic rings. The van der Waals surface area contributed by atoms with E-state index in [1.807, 2.05) is 18.2 Å². The minimum absolute atomic E-state index is 0.00374. The number of likely N-dealkylation sites (tertiary alicyclic amines) is 1. The number of nitrogens with one attached hydrogen (secondary N) is 1. The van der Waals surface area contributed by atoms with Gasteiger partial charge >= 0.3 is 0 Å². The van der Waals surface area contributed by atoms with E-state index in [1.54, 1.807) is 16.5 Å². The van der Waals surface area contributed by atoms with Crippen LogP contribution in [0.5, 0.6) is 0 Å². The first-order valence-electron chi connectivity index (χ1n) is 8.59. The molecular formula is C17H19N5O3S. The third-order valence-electron chi connectivity index (χ3n) is 4.89. The summed E-state index contributed by atoms with van der Waals surface area (Å²) in [5, 5.41) is 8.44. The fourth-order valence-corrected chi connectivity index (χ4v) is 4.03. The first kappa shape index (κ1) is 17.0. The molecule has 2 fully saturated rings. The van der Waals surface area contributed by atoms with Crippen molar-refractivity contribution in [1.29, 1.82) is 0 Å². The van der Waals surface area contributed by atoms with Crippen molar-refractivity contribution in [1.82, 2.24) is 24.8 Å². The molecule has 9 heteroatoms. The molecule has 2 aliphatic heterocycles. The van der Waals surface area contributed by atoms with Crippen LogP contribution in [0.2, 0.25) is 0 Å². The lowest BCUT2D eigenvalue weighted by atomic mass is 9.89. The maximum absolute atomic E-state index is 12.8. The summed E-state index contributed by atoms with van der Waals surface area (Å²) >= 11 is 1.14. The molecule has 3 atom stereocenters. The zero-order chi connectivity index (χ0) is 17.9. The number of aromatic nitrogens is 3. The van der Waals surface area contributed by atoms with Gasteiger partial charge in [-0.15, -0.1) is 5.10 Å².